The van der Waals surface area contributed by atoms with E-state index in [1.807, 2.05) is 56.3 Å². The fourth-order valence-corrected chi connectivity index (χ4v) is 3.06. The largest absolute Gasteiger partial charge is 0.349 e. The molecule has 0 fully saturated rings. The van der Waals surface area contributed by atoms with E-state index in [0.29, 0.717) is 5.56 Å². The minimum atomic E-state index is -0.246. The van der Waals surface area contributed by atoms with Crippen molar-refractivity contribution in [1.82, 2.24) is 10.6 Å². The minimum Gasteiger partial charge on any atom is -0.349 e. The topological polar surface area (TPSA) is 58.2 Å². The van der Waals surface area contributed by atoms with Crippen LogP contribution in [-0.2, 0) is 4.79 Å². The lowest BCUT2D eigenvalue weighted by atomic mass is 10.1. The third kappa shape index (κ3) is 5.20. The first kappa shape index (κ1) is 18.2. The molecule has 126 valence electrons. The van der Waals surface area contributed by atoms with Crippen molar-refractivity contribution >= 4 is 27.7 Å². The first-order valence-corrected chi connectivity index (χ1v) is 8.66. The van der Waals surface area contributed by atoms with Crippen LogP contribution in [0.3, 0.4) is 0 Å². The highest BCUT2D eigenvalue weighted by molar-refractivity contribution is 9.10. The van der Waals surface area contributed by atoms with Gasteiger partial charge in [0.2, 0.25) is 5.91 Å². The molecule has 2 atom stereocenters. The Labute approximate surface area is 150 Å². The molecule has 0 heterocycles. The van der Waals surface area contributed by atoms with Crippen molar-refractivity contribution in [3.8, 4) is 0 Å². The normalized spacial score (nSPS) is 13.0. The summed E-state index contributed by atoms with van der Waals surface area (Å²) in [6.07, 6.45) is 0.230. The lowest BCUT2D eigenvalue weighted by Crippen LogP contribution is -2.38. The van der Waals surface area contributed by atoms with Gasteiger partial charge in [-0.2, -0.15) is 0 Å². The number of carbonyl (C=O) groups excluding carboxylic acids is 2. The highest BCUT2D eigenvalue weighted by atomic mass is 79.9. The molecule has 0 spiro atoms. The van der Waals surface area contributed by atoms with Gasteiger partial charge in [-0.05, 0) is 37.6 Å². The Hall–Kier alpha value is -2.14. The quantitative estimate of drug-likeness (QED) is 0.789. The third-order valence-corrected chi connectivity index (χ3v) is 4.38. The molecule has 0 saturated heterocycles. The monoisotopic (exact) mass is 388 g/mol. The van der Waals surface area contributed by atoms with Gasteiger partial charge in [0, 0.05) is 22.5 Å². The zero-order chi connectivity index (χ0) is 17.5. The highest BCUT2D eigenvalue weighted by Crippen LogP contribution is 2.22. The summed E-state index contributed by atoms with van der Waals surface area (Å²) in [6.45, 7) is 3.76. The van der Waals surface area contributed by atoms with Gasteiger partial charge in [-0.15, -0.1) is 0 Å². The number of nitrogens with one attached hydrogen (secondary N) is 2. The number of rotatable bonds is 6. The Balaban J connectivity index is 1.85. The molecule has 2 N–H and O–H groups in total. The van der Waals surface area contributed by atoms with Crippen LogP contribution < -0.4 is 10.6 Å². The first-order chi connectivity index (χ1) is 11.5. The standard InChI is InChI=1S/C19H21BrN2O2/c1-13(21-19(24)15-8-4-3-5-9-15)12-18(23)22-14(2)16-10-6-7-11-17(16)20/h3-11,13-14H,12H2,1-2H3,(H,21,24)(H,22,23). The molecule has 0 bridgehead atoms. The second-order valence-corrected chi connectivity index (χ2v) is 6.61. The molecule has 0 aliphatic rings. The number of halogens is 1. The Bertz CT molecular complexity index is 704. The number of hydrogen-bond donors (Lipinski definition) is 2. The molecule has 0 aliphatic heterocycles. The molecule has 0 aliphatic carbocycles. The van der Waals surface area contributed by atoms with Gasteiger partial charge < -0.3 is 10.6 Å². The van der Waals surface area contributed by atoms with Crippen LogP contribution in [0.2, 0.25) is 0 Å². The van der Waals surface area contributed by atoms with Gasteiger partial charge >= 0.3 is 0 Å². The highest BCUT2D eigenvalue weighted by Gasteiger charge is 2.16. The van der Waals surface area contributed by atoms with E-state index in [9.17, 15) is 9.59 Å². The summed E-state index contributed by atoms with van der Waals surface area (Å²) in [4.78, 5) is 24.3. The van der Waals surface area contributed by atoms with Crippen LogP contribution in [0.25, 0.3) is 0 Å². The van der Waals surface area contributed by atoms with Gasteiger partial charge in [-0.25, -0.2) is 0 Å². The zero-order valence-corrected chi connectivity index (χ0v) is 15.3. The predicted octanol–water partition coefficient (Wildman–Crippen LogP) is 3.83. The molecule has 24 heavy (non-hydrogen) atoms. The average molecular weight is 389 g/mol. The molecule has 0 aromatic heterocycles. The number of amides is 2. The molecular formula is C19H21BrN2O2. The van der Waals surface area contributed by atoms with Gasteiger partial charge in [-0.3, -0.25) is 9.59 Å². The molecule has 2 aromatic carbocycles. The van der Waals surface area contributed by atoms with Crippen LogP contribution in [0.4, 0.5) is 0 Å². The van der Waals surface area contributed by atoms with E-state index in [1.165, 1.54) is 0 Å². The summed E-state index contributed by atoms with van der Waals surface area (Å²) in [7, 11) is 0. The number of carbonyl (C=O) groups is 2. The molecule has 2 unspecified atom stereocenters. The van der Waals surface area contributed by atoms with Crippen LogP contribution in [0.15, 0.2) is 59.1 Å². The lowest BCUT2D eigenvalue weighted by molar-refractivity contribution is -0.122. The van der Waals surface area contributed by atoms with Crippen LogP contribution in [-0.4, -0.2) is 17.9 Å². The molecule has 0 radical (unpaired) electrons. The summed E-state index contributed by atoms with van der Waals surface area (Å²) in [5, 5.41) is 5.80. The van der Waals surface area contributed by atoms with Gasteiger partial charge in [0.15, 0.2) is 0 Å². The minimum absolute atomic E-state index is 0.0980. The fraction of sp³-hybridized carbons (Fsp3) is 0.263. The molecule has 2 aromatic rings. The van der Waals surface area contributed by atoms with Crippen molar-refractivity contribution in [3.63, 3.8) is 0 Å². The van der Waals surface area contributed by atoms with E-state index in [4.69, 9.17) is 0 Å². The van der Waals surface area contributed by atoms with Crippen LogP contribution >= 0.6 is 15.9 Å². The molecule has 4 nitrogen and oxygen atoms in total. The maximum absolute atomic E-state index is 12.2. The molecule has 0 saturated carbocycles. The Morgan fingerprint density at radius 3 is 2.25 bits per heavy atom. The predicted molar refractivity (Wildman–Crippen MR) is 98.7 cm³/mol. The maximum Gasteiger partial charge on any atom is 0.251 e. The van der Waals surface area contributed by atoms with Gasteiger partial charge in [0.25, 0.3) is 5.91 Å². The number of hydrogen-bond acceptors (Lipinski definition) is 2. The Morgan fingerprint density at radius 2 is 1.58 bits per heavy atom. The van der Waals surface area contributed by atoms with Gasteiger partial charge in [0.1, 0.15) is 0 Å². The van der Waals surface area contributed by atoms with Crippen molar-refractivity contribution in [3.05, 3.63) is 70.2 Å². The van der Waals surface area contributed by atoms with Crippen LogP contribution in [0, 0.1) is 0 Å². The first-order valence-electron chi connectivity index (χ1n) is 7.87. The summed E-state index contributed by atoms with van der Waals surface area (Å²) in [5.41, 5.74) is 1.61. The Kier molecular flexibility index (Phi) is 6.55. The smallest absolute Gasteiger partial charge is 0.251 e. The van der Waals surface area contributed by atoms with Crippen molar-refractivity contribution in [2.24, 2.45) is 0 Å². The lowest BCUT2D eigenvalue weighted by Gasteiger charge is -2.18. The summed E-state index contributed by atoms with van der Waals surface area (Å²) in [5.74, 6) is -0.270. The van der Waals surface area contributed by atoms with E-state index in [2.05, 4.69) is 26.6 Å². The number of benzene rings is 2. The van der Waals surface area contributed by atoms with Crippen molar-refractivity contribution in [2.75, 3.05) is 0 Å². The Morgan fingerprint density at radius 1 is 0.958 bits per heavy atom. The summed E-state index contributed by atoms with van der Waals surface area (Å²) >= 11 is 3.49. The van der Waals surface area contributed by atoms with Gasteiger partial charge in [0.05, 0.1) is 6.04 Å². The van der Waals surface area contributed by atoms with Crippen molar-refractivity contribution in [2.45, 2.75) is 32.4 Å². The second-order valence-electron chi connectivity index (χ2n) is 5.76. The molecule has 2 amide bonds. The van der Waals surface area contributed by atoms with Crippen LogP contribution in [0.5, 0.6) is 0 Å². The fourth-order valence-electron chi connectivity index (χ4n) is 2.43. The third-order valence-electron chi connectivity index (χ3n) is 3.65. The average Bonchev–Trinajstić information content (AvgIpc) is 2.55. The summed E-state index contributed by atoms with van der Waals surface area (Å²) < 4.78 is 0.961. The van der Waals surface area contributed by atoms with Crippen LogP contribution in [0.1, 0.15) is 42.2 Å². The van der Waals surface area contributed by atoms with Crippen molar-refractivity contribution < 1.29 is 9.59 Å². The van der Waals surface area contributed by atoms with E-state index < -0.39 is 0 Å². The zero-order valence-electron chi connectivity index (χ0n) is 13.8. The van der Waals surface area contributed by atoms with E-state index in [-0.39, 0.29) is 30.3 Å². The molecule has 5 heteroatoms. The molecule has 2 rings (SSSR count). The van der Waals surface area contributed by atoms with E-state index in [0.717, 1.165) is 10.0 Å². The maximum atomic E-state index is 12.2. The SMILES string of the molecule is CC(CC(=O)NC(C)c1ccccc1Br)NC(=O)c1ccccc1. The molecular weight excluding hydrogens is 368 g/mol. The summed E-state index contributed by atoms with van der Waals surface area (Å²) in [6, 6.07) is 16.4. The van der Waals surface area contributed by atoms with E-state index in [1.54, 1.807) is 12.1 Å². The van der Waals surface area contributed by atoms with E-state index >= 15 is 0 Å². The second kappa shape index (κ2) is 8.64. The van der Waals surface area contributed by atoms with Gasteiger partial charge in [-0.1, -0.05) is 52.3 Å². The van der Waals surface area contributed by atoms with Crippen molar-refractivity contribution in [1.29, 1.82) is 0 Å².